The number of unbranched alkanes of at least 4 members (excludes halogenated alkanes) is 6. The third-order valence-corrected chi connectivity index (χ3v) is 14.4. The van der Waals surface area contributed by atoms with Crippen molar-refractivity contribution in [3.8, 4) is 5.75 Å². The smallest absolute Gasteiger partial charge is 0.490 e. The average Bonchev–Trinajstić information content (AvgIpc) is 3.55. The monoisotopic (exact) mass is 905 g/mol. The largest absolute Gasteiger partial charge is 0.497 e. The Bertz CT molecular complexity index is 1900. The first-order valence-electron chi connectivity index (χ1n) is 18.5. The molecule has 3 rings (SSSR count). The Morgan fingerprint density at radius 2 is 1.45 bits per heavy atom. The predicted molar refractivity (Wildman–Crippen MR) is 210 cm³/mol. The van der Waals surface area contributed by atoms with Crippen LogP contribution in [-0.4, -0.2) is 97.9 Å². The molecule has 2 heterocycles. The zero-order chi connectivity index (χ0) is 42.8. The van der Waals surface area contributed by atoms with E-state index < -0.39 is 55.5 Å². The number of nitrogens with one attached hydrogen (secondary N) is 3. The molecule has 22 nitrogen and oxygen atoms in total. The van der Waals surface area contributed by atoms with Gasteiger partial charge in [-0.2, -0.15) is 12.9 Å². The van der Waals surface area contributed by atoms with Gasteiger partial charge < -0.3 is 48.8 Å². The van der Waals surface area contributed by atoms with Crippen molar-refractivity contribution in [1.29, 1.82) is 0 Å². The molecule has 1 aliphatic rings. The molecule has 1 aromatic heterocycles. The molecular formula is C31H52BN3O19P4. The molecule has 1 aromatic carbocycles. The van der Waals surface area contributed by atoms with E-state index in [1.165, 1.54) is 13.2 Å². The van der Waals surface area contributed by atoms with Gasteiger partial charge in [0.2, 0.25) is 5.91 Å². The maximum absolute atomic E-state index is 12.5. The molecule has 2 amide bonds. The van der Waals surface area contributed by atoms with Gasteiger partial charge in [0.05, 0.1) is 26.4 Å². The van der Waals surface area contributed by atoms with Gasteiger partial charge in [0.1, 0.15) is 24.7 Å². The predicted octanol–water partition coefficient (Wildman–Crippen LogP) is 3.37. The number of phosphoric acid groups is 3. The first-order chi connectivity index (χ1) is 27.3. The van der Waals surface area contributed by atoms with Gasteiger partial charge in [-0.1, -0.05) is 19.3 Å². The number of hydrogen-bond donors (Lipinski definition) is 7. The van der Waals surface area contributed by atoms with Gasteiger partial charge in [0.15, 0.2) is 0 Å². The van der Waals surface area contributed by atoms with Crippen molar-refractivity contribution >= 4 is 61.8 Å². The molecule has 0 aliphatic carbocycles. The topological polar surface area (TPSA) is 314 Å². The number of rotatable bonds is 29. The fourth-order valence-electron chi connectivity index (χ4n) is 5.43. The summed E-state index contributed by atoms with van der Waals surface area (Å²) in [4.78, 5) is 75.6. The minimum absolute atomic E-state index is 0.0792. The second-order valence-electron chi connectivity index (χ2n) is 13.2. The highest BCUT2D eigenvalue weighted by Crippen LogP contribution is 2.70. The van der Waals surface area contributed by atoms with Crippen LogP contribution < -0.4 is 26.1 Å². The highest BCUT2D eigenvalue weighted by molar-refractivity contribution is 7.70. The van der Waals surface area contributed by atoms with Crippen LogP contribution in [0.4, 0.5) is 0 Å². The molecule has 0 spiro atoms. The van der Waals surface area contributed by atoms with Crippen LogP contribution in [-0.2, 0) is 50.0 Å². The summed E-state index contributed by atoms with van der Waals surface area (Å²) in [5, 5.41) is 8.11. The SMILES string of the molecule is B[C@H]1CC[C@@H](COP(=O)(O)OP(=O)(O)OP(=O)(O)OP(=O)(O)NCCCCCCCNC(=O)CCOCCCCCNC(=O)c2cc3ccc(OC)cc3oc2=O)O1. The number of ether oxygens (including phenoxy) is 3. The Morgan fingerprint density at radius 3 is 2.14 bits per heavy atom. The number of carbonyl (C=O) groups excluding carboxylic acids is 2. The van der Waals surface area contributed by atoms with Crippen LogP contribution in [0.25, 0.3) is 11.0 Å². The molecule has 27 heteroatoms. The standard InChI is InChI=1S/C31H52BN3O19P4/c1-47-24-11-10-23-20-26(31(38)51-27(23)21-24)30(37)34-16-7-5-9-18-48-19-14-29(36)33-15-6-3-2-4-8-17-35-55(39,40)52-57(43,44)54-58(45,46)53-56(41,42)49-22-25-12-13-28(32)50-25/h10-11,20-21,25,28H,2-9,12-19,22,32H2,1H3,(H,33,36)(H,34,37)(H,41,42)(H,43,44)(H,45,46)(H2,35,39,40)/t25-,28+/m0/s1. The van der Waals surface area contributed by atoms with Crippen molar-refractivity contribution in [1.82, 2.24) is 15.7 Å². The molecule has 328 valence electrons. The molecule has 4 unspecified atom stereocenters. The lowest BCUT2D eigenvalue weighted by atomic mass is 9.97. The number of phosphoric ester groups is 1. The zero-order valence-electron chi connectivity index (χ0n) is 32.2. The molecular weight excluding hydrogens is 853 g/mol. The molecule has 0 bridgehead atoms. The summed E-state index contributed by atoms with van der Waals surface area (Å²) >= 11 is 0. The number of methoxy groups -OCH3 is 1. The Kier molecular flexibility index (Phi) is 20.9. The van der Waals surface area contributed by atoms with Crippen molar-refractivity contribution in [3.63, 3.8) is 0 Å². The van der Waals surface area contributed by atoms with E-state index >= 15 is 0 Å². The minimum atomic E-state index is -5.81. The lowest BCUT2D eigenvalue weighted by molar-refractivity contribution is -0.122. The molecule has 6 atom stereocenters. The lowest BCUT2D eigenvalue weighted by Crippen LogP contribution is -2.29. The summed E-state index contributed by atoms with van der Waals surface area (Å²) in [5.74, 6) is -0.152. The van der Waals surface area contributed by atoms with Crippen LogP contribution in [0.3, 0.4) is 0 Å². The van der Waals surface area contributed by atoms with Crippen LogP contribution in [0.1, 0.15) is 81.0 Å². The van der Waals surface area contributed by atoms with E-state index in [2.05, 4.69) is 28.1 Å². The highest BCUT2D eigenvalue weighted by atomic mass is 31.3. The second kappa shape index (κ2) is 24.2. The molecule has 0 radical (unpaired) electrons. The Labute approximate surface area is 335 Å². The maximum Gasteiger partial charge on any atom is 0.490 e. The normalized spacial score (nSPS) is 19.7. The molecule has 0 saturated carbocycles. The number of benzene rings is 1. The minimum Gasteiger partial charge on any atom is -0.497 e. The Morgan fingerprint density at radius 1 is 0.810 bits per heavy atom. The van der Waals surface area contributed by atoms with Gasteiger partial charge in [-0.05, 0) is 63.1 Å². The van der Waals surface area contributed by atoms with Crippen LogP contribution in [0, 0.1) is 0 Å². The second-order valence-corrected chi connectivity index (χ2v) is 19.6. The molecule has 1 saturated heterocycles. The molecule has 1 fully saturated rings. The number of hydrogen-bond acceptors (Lipinski definition) is 15. The van der Waals surface area contributed by atoms with E-state index in [0.29, 0.717) is 81.4 Å². The van der Waals surface area contributed by atoms with Crippen molar-refractivity contribution in [2.45, 2.75) is 82.7 Å². The Balaban J connectivity index is 1.14. The first kappa shape index (κ1) is 50.1. The summed E-state index contributed by atoms with van der Waals surface area (Å²) in [6.07, 6.45) is 5.89. The van der Waals surface area contributed by atoms with E-state index in [9.17, 15) is 52.2 Å². The fourth-order valence-corrected chi connectivity index (χ4v) is 10.6. The summed E-state index contributed by atoms with van der Waals surface area (Å²) in [6, 6.07) is 6.34. The zero-order valence-corrected chi connectivity index (χ0v) is 35.8. The highest BCUT2D eigenvalue weighted by Gasteiger charge is 2.45. The van der Waals surface area contributed by atoms with Crippen LogP contribution in [0.5, 0.6) is 5.75 Å². The van der Waals surface area contributed by atoms with Crippen LogP contribution in [0.2, 0.25) is 0 Å². The number of amides is 2. The summed E-state index contributed by atoms with van der Waals surface area (Å²) in [7, 11) is -18.7. The van der Waals surface area contributed by atoms with Crippen molar-refractivity contribution in [3.05, 3.63) is 40.2 Å². The Hall–Kier alpha value is -2.29. The third kappa shape index (κ3) is 19.9. The average molecular weight is 905 g/mol. The molecule has 7 N–H and O–H groups in total. The van der Waals surface area contributed by atoms with Gasteiger partial charge in [-0.3, -0.25) is 14.1 Å². The van der Waals surface area contributed by atoms with E-state index in [4.69, 9.17) is 18.6 Å². The maximum atomic E-state index is 12.5. The molecule has 1 aliphatic heterocycles. The lowest BCUT2D eigenvalue weighted by Gasteiger charge is -2.20. The van der Waals surface area contributed by atoms with Crippen molar-refractivity contribution in [2.24, 2.45) is 0 Å². The van der Waals surface area contributed by atoms with Gasteiger partial charge in [0, 0.05) is 50.1 Å². The number of fused-ring (bicyclic) bond motifs is 1. The van der Waals surface area contributed by atoms with Gasteiger partial charge in [0.25, 0.3) is 5.91 Å². The van der Waals surface area contributed by atoms with E-state index in [1.807, 2.05) is 5.09 Å². The number of carbonyl (C=O) groups is 2. The molecule has 2 aromatic rings. The van der Waals surface area contributed by atoms with E-state index in [-0.39, 0.29) is 37.0 Å². The van der Waals surface area contributed by atoms with Crippen LogP contribution >= 0.6 is 31.2 Å². The van der Waals surface area contributed by atoms with E-state index in [1.54, 1.807) is 26.0 Å². The summed E-state index contributed by atoms with van der Waals surface area (Å²) in [5.41, 5.74) is -0.491. The quantitative estimate of drug-likeness (QED) is 0.0266. The fraction of sp³-hybridized carbons (Fsp3) is 0.645. The first-order valence-corrected chi connectivity index (χ1v) is 24.6. The van der Waals surface area contributed by atoms with Gasteiger partial charge >= 0.3 is 36.8 Å². The van der Waals surface area contributed by atoms with Gasteiger partial charge in [-0.15, -0.1) is 0 Å². The molecule has 58 heavy (non-hydrogen) atoms. The summed E-state index contributed by atoms with van der Waals surface area (Å²) in [6.45, 7) is 0.860. The summed E-state index contributed by atoms with van der Waals surface area (Å²) < 4.78 is 86.0. The van der Waals surface area contributed by atoms with Crippen molar-refractivity contribution < 1.29 is 83.5 Å². The van der Waals surface area contributed by atoms with Gasteiger partial charge in [-0.25, -0.2) is 28.1 Å². The third-order valence-electron chi connectivity index (χ3n) is 8.27. The van der Waals surface area contributed by atoms with E-state index in [0.717, 1.165) is 19.3 Å². The van der Waals surface area contributed by atoms with Crippen LogP contribution in [0.15, 0.2) is 33.5 Å². The van der Waals surface area contributed by atoms with Crippen molar-refractivity contribution in [2.75, 3.05) is 46.6 Å².